The van der Waals surface area contributed by atoms with Crippen LogP contribution in [0.2, 0.25) is 0 Å². The van der Waals surface area contributed by atoms with E-state index in [1.165, 1.54) is 11.3 Å². The molecule has 18 heavy (non-hydrogen) atoms. The zero-order valence-corrected chi connectivity index (χ0v) is 10.7. The molecule has 98 valence electrons. The van der Waals surface area contributed by atoms with Crippen LogP contribution >= 0.6 is 11.3 Å². The van der Waals surface area contributed by atoms with Crippen molar-refractivity contribution in [2.24, 2.45) is 17.8 Å². The van der Waals surface area contributed by atoms with Gasteiger partial charge in [0.25, 0.3) is 0 Å². The van der Waals surface area contributed by atoms with Crippen molar-refractivity contribution in [1.82, 2.24) is 15.5 Å². The first-order valence-electron chi connectivity index (χ1n) is 6.21. The number of anilines is 1. The van der Waals surface area contributed by atoms with Gasteiger partial charge in [0.2, 0.25) is 5.13 Å². The normalized spacial score (nSPS) is 33.6. The van der Waals surface area contributed by atoms with Crippen LogP contribution in [-0.4, -0.2) is 34.0 Å². The molecule has 0 radical (unpaired) electrons. The predicted octanol–water partition coefficient (Wildman–Crippen LogP) is 1.07. The molecule has 2 aliphatic carbocycles. The number of aliphatic hydroxyl groups is 1. The Bertz CT molecular complexity index is 425. The Labute approximate surface area is 109 Å². The van der Waals surface area contributed by atoms with Crippen LogP contribution in [0.1, 0.15) is 19.3 Å². The SMILES string of the molecule is O=C(Nc1nncs1)N[C@@H]1C[C@H]2C[C@@H]1C[C@H]2CO. The fourth-order valence-electron chi connectivity index (χ4n) is 3.32. The zero-order valence-electron chi connectivity index (χ0n) is 9.87. The van der Waals surface area contributed by atoms with Gasteiger partial charge in [-0.25, -0.2) is 4.79 Å². The third-order valence-corrected chi connectivity index (χ3v) is 4.74. The van der Waals surface area contributed by atoms with Crippen molar-refractivity contribution >= 4 is 22.5 Å². The molecule has 1 aromatic heterocycles. The molecule has 3 rings (SSSR count). The number of carbonyl (C=O) groups is 1. The monoisotopic (exact) mass is 268 g/mol. The summed E-state index contributed by atoms with van der Waals surface area (Å²) >= 11 is 1.30. The number of hydrogen-bond acceptors (Lipinski definition) is 5. The van der Waals surface area contributed by atoms with Gasteiger partial charge in [-0.15, -0.1) is 10.2 Å². The molecule has 2 aliphatic rings. The Morgan fingerprint density at radius 1 is 1.44 bits per heavy atom. The van der Waals surface area contributed by atoms with Crippen LogP contribution in [0.15, 0.2) is 5.51 Å². The van der Waals surface area contributed by atoms with Gasteiger partial charge in [-0.3, -0.25) is 5.32 Å². The van der Waals surface area contributed by atoms with Gasteiger partial charge in [0.15, 0.2) is 0 Å². The van der Waals surface area contributed by atoms with Crippen molar-refractivity contribution in [2.45, 2.75) is 25.3 Å². The van der Waals surface area contributed by atoms with Gasteiger partial charge in [-0.2, -0.15) is 0 Å². The lowest BCUT2D eigenvalue weighted by atomic mass is 9.86. The van der Waals surface area contributed by atoms with Gasteiger partial charge < -0.3 is 10.4 Å². The van der Waals surface area contributed by atoms with Gasteiger partial charge in [0.1, 0.15) is 5.51 Å². The largest absolute Gasteiger partial charge is 0.396 e. The molecule has 0 saturated heterocycles. The summed E-state index contributed by atoms with van der Waals surface area (Å²) < 4.78 is 0. The van der Waals surface area contributed by atoms with Crippen molar-refractivity contribution in [3.05, 3.63) is 5.51 Å². The van der Waals surface area contributed by atoms with E-state index in [9.17, 15) is 9.90 Å². The maximum absolute atomic E-state index is 11.8. The van der Waals surface area contributed by atoms with E-state index in [1.54, 1.807) is 5.51 Å². The topological polar surface area (TPSA) is 87.1 Å². The summed E-state index contributed by atoms with van der Waals surface area (Å²) in [6.07, 6.45) is 3.15. The van der Waals surface area contributed by atoms with Crippen LogP contribution in [0.3, 0.4) is 0 Å². The second-order valence-electron chi connectivity index (χ2n) is 5.12. The Morgan fingerprint density at radius 3 is 2.94 bits per heavy atom. The summed E-state index contributed by atoms with van der Waals surface area (Å²) in [5.41, 5.74) is 1.58. The van der Waals surface area contributed by atoms with Gasteiger partial charge in [-0.05, 0) is 37.0 Å². The molecule has 2 bridgehead atoms. The second kappa shape index (κ2) is 4.81. The smallest absolute Gasteiger partial charge is 0.321 e. The van der Waals surface area contributed by atoms with Gasteiger partial charge in [-0.1, -0.05) is 11.3 Å². The number of nitrogens with zero attached hydrogens (tertiary/aromatic N) is 2. The minimum atomic E-state index is -0.204. The van der Waals surface area contributed by atoms with Crippen molar-refractivity contribution < 1.29 is 9.90 Å². The van der Waals surface area contributed by atoms with Crippen molar-refractivity contribution in [1.29, 1.82) is 0 Å². The lowest BCUT2D eigenvalue weighted by molar-refractivity contribution is 0.165. The molecule has 7 heteroatoms. The highest BCUT2D eigenvalue weighted by molar-refractivity contribution is 7.13. The Hall–Kier alpha value is -1.21. The summed E-state index contributed by atoms with van der Waals surface area (Å²) in [4.78, 5) is 11.8. The molecule has 0 aromatic carbocycles. The standard InChI is InChI=1S/C11H16N4O2S/c16-4-8-2-7-1-6(8)3-9(7)13-10(17)14-11-15-12-5-18-11/h5-9,16H,1-4H2,(H2,13,14,15,17)/t6-,7-,8+,9-/m1/s1. The van der Waals surface area contributed by atoms with Crippen LogP contribution in [0.25, 0.3) is 0 Å². The number of hydrogen-bond donors (Lipinski definition) is 3. The van der Waals surface area contributed by atoms with Crippen LogP contribution < -0.4 is 10.6 Å². The molecule has 1 aromatic rings. The molecule has 4 atom stereocenters. The maximum Gasteiger partial charge on any atom is 0.321 e. The number of carbonyl (C=O) groups excluding carboxylic acids is 1. The first kappa shape index (κ1) is 11.9. The number of rotatable bonds is 3. The second-order valence-corrected chi connectivity index (χ2v) is 5.95. The molecule has 2 saturated carbocycles. The fraction of sp³-hybridized carbons (Fsp3) is 0.727. The average molecular weight is 268 g/mol. The summed E-state index contributed by atoms with van der Waals surface area (Å²) in [5.74, 6) is 1.54. The average Bonchev–Trinajstić information content (AvgIpc) is 3.04. The third kappa shape index (κ3) is 2.20. The summed E-state index contributed by atoms with van der Waals surface area (Å²) in [6, 6.07) is 0.0376. The van der Waals surface area contributed by atoms with E-state index >= 15 is 0 Å². The molecule has 0 unspecified atom stereocenters. The molecular formula is C11H16N4O2S. The van der Waals surface area contributed by atoms with Crippen molar-refractivity contribution in [3.63, 3.8) is 0 Å². The number of aliphatic hydroxyl groups excluding tert-OH is 1. The molecule has 0 spiro atoms. The molecular weight excluding hydrogens is 252 g/mol. The van der Waals surface area contributed by atoms with E-state index in [2.05, 4.69) is 20.8 Å². The quantitative estimate of drug-likeness (QED) is 0.765. The van der Waals surface area contributed by atoms with Crippen LogP contribution in [0.5, 0.6) is 0 Å². The Morgan fingerprint density at radius 2 is 2.33 bits per heavy atom. The third-order valence-electron chi connectivity index (χ3n) is 4.13. The summed E-state index contributed by atoms with van der Waals surface area (Å²) in [6.45, 7) is 0.283. The zero-order chi connectivity index (χ0) is 12.5. The molecule has 3 N–H and O–H groups in total. The predicted molar refractivity (Wildman–Crippen MR) is 67.3 cm³/mol. The first-order chi connectivity index (χ1) is 8.76. The minimum Gasteiger partial charge on any atom is -0.396 e. The fourth-order valence-corrected chi connectivity index (χ4v) is 3.76. The number of fused-ring (bicyclic) bond motifs is 2. The van der Waals surface area contributed by atoms with E-state index in [1.807, 2.05) is 0 Å². The van der Waals surface area contributed by atoms with E-state index < -0.39 is 0 Å². The lowest BCUT2D eigenvalue weighted by Crippen LogP contribution is -2.42. The molecule has 2 fully saturated rings. The first-order valence-corrected chi connectivity index (χ1v) is 7.08. The van der Waals surface area contributed by atoms with Gasteiger partial charge in [0.05, 0.1) is 0 Å². The molecule has 0 aliphatic heterocycles. The Kier molecular flexibility index (Phi) is 3.17. The molecule has 1 heterocycles. The Balaban J connectivity index is 1.51. The molecule has 2 amide bonds. The van der Waals surface area contributed by atoms with E-state index in [-0.39, 0.29) is 18.7 Å². The lowest BCUT2D eigenvalue weighted by Gasteiger charge is -2.27. The number of nitrogens with one attached hydrogen (secondary N) is 2. The van der Waals surface area contributed by atoms with Gasteiger partial charge in [0, 0.05) is 12.6 Å². The molecule has 6 nitrogen and oxygen atoms in total. The highest BCUT2D eigenvalue weighted by atomic mass is 32.1. The van der Waals surface area contributed by atoms with Crippen LogP contribution in [0.4, 0.5) is 9.93 Å². The highest BCUT2D eigenvalue weighted by Crippen LogP contribution is 2.48. The maximum atomic E-state index is 11.8. The van der Waals surface area contributed by atoms with Crippen molar-refractivity contribution in [3.8, 4) is 0 Å². The van der Waals surface area contributed by atoms with E-state index in [0.717, 1.165) is 19.3 Å². The number of urea groups is 1. The van der Waals surface area contributed by atoms with E-state index in [4.69, 9.17) is 0 Å². The highest BCUT2D eigenvalue weighted by Gasteiger charge is 2.45. The number of aromatic nitrogens is 2. The van der Waals surface area contributed by atoms with Crippen LogP contribution in [0, 0.1) is 17.8 Å². The van der Waals surface area contributed by atoms with E-state index in [0.29, 0.717) is 22.9 Å². The summed E-state index contributed by atoms with van der Waals surface area (Å²) in [7, 11) is 0. The van der Waals surface area contributed by atoms with Crippen molar-refractivity contribution in [2.75, 3.05) is 11.9 Å². The minimum absolute atomic E-state index is 0.204. The number of amides is 2. The van der Waals surface area contributed by atoms with Gasteiger partial charge >= 0.3 is 6.03 Å². The summed E-state index contributed by atoms with van der Waals surface area (Å²) in [5, 5.41) is 22.8. The van der Waals surface area contributed by atoms with Crippen LogP contribution in [-0.2, 0) is 0 Å².